The predicted molar refractivity (Wildman–Crippen MR) is 64.8 cm³/mol. The van der Waals surface area contributed by atoms with E-state index in [1.165, 1.54) is 0 Å². The van der Waals surface area contributed by atoms with Gasteiger partial charge in [0.05, 0.1) is 18.8 Å². The van der Waals surface area contributed by atoms with Gasteiger partial charge < -0.3 is 40.7 Å². The molecule has 0 aromatic heterocycles. The average Bonchev–Trinajstić information content (AvgIpc) is 2.48. The van der Waals surface area contributed by atoms with Crippen molar-refractivity contribution in [3.63, 3.8) is 0 Å². The van der Waals surface area contributed by atoms with E-state index in [0.29, 0.717) is 0 Å². The normalized spacial score (nSPS) is 38.4. The minimum absolute atomic E-state index is 0.629. The van der Waals surface area contributed by atoms with Crippen LogP contribution in [0.15, 0.2) is 0 Å². The molecule has 0 saturated carbocycles. The molecule has 0 aliphatic carbocycles. The summed E-state index contributed by atoms with van der Waals surface area (Å²) in [6, 6.07) is -1.39. The van der Waals surface area contributed by atoms with Gasteiger partial charge >= 0.3 is 5.97 Å². The van der Waals surface area contributed by atoms with Gasteiger partial charge in [0.1, 0.15) is 18.3 Å². The van der Waals surface area contributed by atoms with E-state index >= 15 is 0 Å². The Morgan fingerprint density at radius 2 is 2.00 bits per heavy atom. The first-order valence-electron chi connectivity index (χ1n) is 6.18. The van der Waals surface area contributed by atoms with E-state index in [-0.39, 0.29) is 0 Å². The van der Waals surface area contributed by atoms with Crippen molar-refractivity contribution in [2.45, 2.75) is 49.6 Å². The number of hydrogen-bond donors (Lipinski definition) is 7. The molecule has 6 atom stereocenters. The lowest BCUT2D eigenvalue weighted by molar-refractivity contribution is -0.263. The van der Waals surface area contributed by atoms with Crippen molar-refractivity contribution in [2.75, 3.05) is 6.61 Å². The summed E-state index contributed by atoms with van der Waals surface area (Å²) in [6.45, 7) is 0.215. The van der Waals surface area contributed by atoms with Crippen LogP contribution in [0.2, 0.25) is 0 Å². The van der Waals surface area contributed by atoms with Gasteiger partial charge in [0.2, 0.25) is 5.91 Å². The van der Waals surface area contributed by atoms with Crippen LogP contribution in [0.25, 0.3) is 0 Å². The first-order chi connectivity index (χ1) is 9.62. The second-order valence-electron chi connectivity index (χ2n) is 4.91. The molecule has 10 heteroatoms. The van der Waals surface area contributed by atoms with Crippen LogP contribution < -0.4 is 5.32 Å². The Kier molecular flexibility index (Phi) is 5.61. The Bertz CT molecular complexity index is 403. The van der Waals surface area contributed by atoms with Crippen LogP contribution in [0.4, 0.5) is 0 Å². The lowest BCUT2D eigenvalue weighted by Gasteiger charge is -2.32. The van der Waals surface area contributed by atoms with Gasteiger partial charge in [0, 0.05) is 13.3 Å². The highest BCUT2D eigenvalue weighted by Gasteiger charge is 2.52. The number of aliphatic hydroxyl groups is 5. The molecule has 1 aliphatic heterocycles. The number of aliphatic carboxylic acids is 1. The van der Waals surface area contributed by atoms with E-state index in [1.54, 1.807) is 0 Å². The fourth-order valence-corrected chi connectivity index (χ4v) is 2.15. The number of rotatable bonds is 4. The maximum Gasteiger partial charge on any atom is 0.364 e. The minimum Gasteiger partial charge on any atom is -0.477 e. The highest BCUT2D eigenvalue weighted by Crippen LogP contribution is 2.28. The van der Waals surface area contributed by atoms with E-state index in [2.05, 4.69) is 5.32 Å². The van der Waals surface area contributed by atoms with E-state index in [1.807, 2.05) is 0 Å². The quantitative estimate of drug-likeness (QED) is 0.274. The molecule has 0 spiro atoms. The lowest BCUT2D eigenvalue weighted by Crippen LogP contribution is -2.56. The molecule has 1 aliphatic rings. The fourth-order valence-electron chi connectivity index (χ4n) is 2.15. The second kappa shape index (κ2) is 6.64. The lowest BCUT2D eigenvalue weighted by atomic mass is 9.95. The minimum atomic E-state index is -2.88. The number of amides is 1. The standard InChI is InChI=1S/C11H19NO9/c1-4(14)12-7-5(15)2-11(20,10(18)19)21-9(8(7)17)6(16)3-13/h5-9,13,15-17,20H,2-3H2,1H3,(H,12,14)(H,18,19)/t5-,6+,7+,8+,9+,11?/m0/s1. The average molecular weight is 309 g/mol. The third-order valence-corrected chi connectivity index (χ3v) is 3.21. The van der Waals surface area contributed by atoms with Gasteiger partial charge in [-0.05, 0) is 0 Å². The maximum absolute atomic E-state index is 11.1. The molecule has 122 valence electrons. The van der Waals surface area contributed by atoms with E-state index < -0.39 is 61.1 Å². The molecule has 1 fully saturated rings. The van der Waals surface area contributed by atoms with Gasteiger partial charge in [-0.1, -0.05) is 0 Å². The number of carboxylic acids is 1. The van der Waals surface area contributed by atoms with Gasteiger partial charge in [-0.2, -0.15) is 0 Å². The molecule has 1 unspecified atom stereocenters. The van der Waals surface area contributed by atoms with E-state index in [9.17, 15) is 30.0 Å². The predicted octanol–water partition coefficient (Wildman–Crippen LogP) is -3.87. The summed E-state index contributed by atoms with van der Waals surface area (Å²) in [6.07, 6.45) is -7.71. The highest BCUT2D eigenvalue weighted by molar-refractivity contribution is 5.76. The monoisotopic (exact) mass is 309 g/mol. The van der Waals surface area contributed by atoms with Crippen LogP contribution in [-0.2, 0) is 14.3 Å². The number of carbonyl (C=O) groups excluding carboxylic acids is 1. The van der Waals surface area contributed by atoms with Crippen LogP contribution in [0.3, 0.4) is 0 Å². The van der Waals surface area contributed by atoms with Crippen LogP contribution in [-0.4, -0.2) is 85.4 Å². The summed E-state index contributed by atoms with van der Waals surface area (Å²) < 4.78 is 4.79. The fraction of sp³-hybridized carbons (Fsp3) is 0.818. The van der Waals surface area contributed by atoms with Gasteiger partial charge in [-0.3, -0.25) is 4.79 Å². The van der Waals surface area contributed by atoms with Crippen LogP contribution in [0.1, 0.15) is 13.3 Å². The Morgan fingerprint density at radius 1 is 1.43 bits per heavy atom. The molecule has 0 aromatic carbocycles. The molecule has 7 N–H and O–H groups in total. The summed E-state index contributed by atoms with van der Waals surface area (Å²) in [5, 5.41) is 59.5. The van der Waals surface area contributed by atoms with Crippen molar-refractivity contribution < 1.29 is 45.0 Å². The zero-order valence-corrected chi connectivity index (χ0v) is 11.2. The highest BCUT2D eigenvalue weighted by atomic mass is 16.7. The van der Waals surface area contributed by atoms with Crippen molar-refractivity contribution >= 4 is 11.9 Å². The number of carboxylic acid groups (broad SMARTS) is 1. The Morgan fingerprint density at radius 3 is 2.43 bits per heavy atom. The van der Waals surface area contributed by atoms with Gasteiger partial charge in [-0.25, -0.2) is 4.79 Å². The molecular formula is C11H19NO9. The third kappa shape index (κ3) is 3.87. The SMILES string of the molecule is CC(=O)N[C@H]1[C@@H](O)[C@@H]([C@H](O)CO)OC(O)(C(=O)O)C[C@@H]1O. The van der Waals surface area contributed by atoms with E-state index in [4.69, 9.17) is 14.9 Å². The second-order valence-corrected chi connectivity index (χ2v) is 4.91. The summed E-state index contributed by atoms with van der Waals surface area (Å²) in [5.41, 5.74) is 0. The molecule has 0 radical (unpaired) electrons. The Hall–Kier alpha value is -1.30. The summed E-state index contributed by atoms with van der Waals surface area (Å²) in [7, 11) is 0. The zero-order valence-electron chi connectivity index (χ0n) is 11.2. The van der Waals surface area contributed by atoms with Crippen molar-refractivity contribution in [3.05, 3.63) is 0 Å². The molecule has 1 rings (SSSR count). The van der Waals surface area contributed by atoms with Crippen molar-refractivity contribution in [1.82, 2.24) is 5.32 Å². The number of ether oxygens (including phenoxy) is 1. The first kappa shape index (κ1) is 17.8. The van der Waals surface area contributed by atoms with Crippen LogP contribution >= 0.6 is 0 Å². The van der Waals surface area contributed by atoms with Crippen LogP contribution in [0, 0.1) is 0 Å². The van der Waals surface area contributed by atoms with Crippen molar-refractivity contribution in [3.8, 4) is 0 Å². The number of nitrogens with one attached hydrogen (secondary N) is 1. The molecule has 0 aromatic rings. The van der Waals surface area contributed by atoms with E-state index in [0.717, 1.165) is 6.92 Å². The molecule has 1 heterocycles. The van der Waals surface area contributed by atoms with Gasteiger partial charge in [0.15, 0.2) is 0 Å². The zero-order chi connectivity index (χ0) is 16.4. The molecule has 1 amide bonds. The van der Waals surface area contributed by atoms with Gasteiger partial charge in [0.25, 0.3) is 5.79 Å². The number of hydrogen-bond acceptors (Lipinski definition) is 8. The first-order valence-corrected chi connectivity index (χ1v) is 6.18. The summed E-state index contributed by atoms with van der Waals surface area (Å²) in [4.78, 5) is 22.2. The largest absolute Gasteiger partial charge is 0.477 e. The number of aliphatic hydroxyl groups excluding tert-OH is 4. The number of carbonyl (C=O) groups is 2. The van der Waals surface area contributed by atoms with Crippen molar-refractivity contribution in [2.24, 2.45) is 0 Å². The van der Waals surface area contributed by atoms with Crippen LogP contribution in [0.5, 0.6) is 0 Å². The molecule has 10 nitrogen and oxygen atoms in total. The Balaban J connectivity index is 3.17. The topological polar surface area (TPSA) is 177 Å². The Labute approximate surface area is 119 Å². The van der Waals surface area contributed by atoms with Crippen molar-refractivity contribution in [1.29, 1.82) is 0 Å². The molecule has 0 bridgehead atoms. The maximum atomic E-state index is 11.1. The summed E-state index contributed by atoms with van der Waals surface area (Å²) >= 11 is 0. The van der Waals surface area contributed by atoms with Gasteiger partial charge in [-0.15, -0.1) is 0 Å². The molecule has 1 saturated heterocycles. The third-order valence-electron chi connectivity index (χ3n) is 3.21. The molecule has 21 heavy (non-hydrogen) atoms. The smallest absolute Gasteiger partial charge is 0.364 e. The molecular weight excluding hydrogens is 290 g/mol. The summed E-state index contributed by atoms with van der Waals surface area (Å²) in [5.74, 6) is -5.35.